The third-order valence-electron chi connectivity index (χ3n) is 14.2. The zero-order valence-electron chi connectivity index (χ0n) is 46.2. The van der Waals surface area contributed by atoms with Gasteiger partial charge < -0.3 is 14.6 Å². The van der Waals surface area contributed by atoms with Gasteiger partial charge in [-0.3, -0.25) is 9.59 Å². The highest BCUT2D eigenvalue weighted by Crippen LogP contribution is 2.18. The molecule has 0 aromatic heterocycles. The summed E-state index contributed by atoms with van der Waals surface area (Å²) in [6, 6.07) is 0. The summed E-state index contributed by atoms with van der Waals surface area (Å²) in [5.41, 5.74) is 0. The first-order chi connectivity index (χ1) is 33.6. The quantitative estimate of drug-likeness (QED) is 0.0374. The van der Waals surface area contributed by atoms with Crippen molar-refractivity contribution in [1.82, 2.24) is 0 Å². The molecule has 1 N–H and O–H groups in total. The van der Waals surface area contributed by atoms with Gasteiger partial charge in [0, 0.05) is 12.8 Å². The predicted molar refractivity (Wildman–Crippen MR) is 298 cm³/mol. The lowest BCUT2D eigenvalue weighted by Crippen LogP contribution is -2.28. The van der Waals surface area contributed by atoms with Crippen LogP contribution in [0.3, 0.4) is 0 Å². The average Bonchev–Trinajstić information content (AvgIpc) is 3.34. The van der Waals surface area contributed by atoms with Crippen molar-refractivity contribution in [2.24, 2.45) is 0 Å². The Morgan fingerprint density at radius 2 is 0.588 bits per heavy atom. The summed E-state index contributed by atoms with van der Waals surface area (Å²) in [7, 11) is 0. The van der Waals surface area contributed by atoms with Crippen LogP contribution in [-0.2, 0) is 19.1 Å². The van der Waals surface area contributed by atoms with Crippen molar-refractivity contribution in [1.29, 1.82) is 0 Å². The first kappa shape index (κ1) is 66.4. The van der Waals surface area contributed by atoms with E-state index in [1.165, 1.54) is 283 Å². The van der Waals surface area contributed by atoms with Crippen LogP contribution in [0, 0.1) is 0 Å². The van der Waals surface area contributed by atoms with E-state index in [1.807, 2.05) is 0 Å². The van der Waals surface area contributed by atoms with E-state index in [9.17, 15) is 14.7 Å². The third-order valence-corrected chi connectivity index (χ3v) is 14.2. The molecule has 0 bridgehead atoms. The Balaban J connectivity index is 3.39. The fourth-order valence-corrected chi connectivity index (χ4v) is 9.59. The maximum absolute atomic E-state index is 12.3. The maximum atomic E-state index is 12.3. The number of aliphatic hydroxyl groups is 1. The molecule has 5 heteroatoms. The lowest BCUT2D eigenvalue weighted by molar-refractivity contribution is -0.161. The van der Waals surface area contributed by atoms with Gasteiger partial charge in [-0.2, -0.15) is 0 Å². The molecule has 0 saturated heterocycles. The number of unbranched alkanes of at least 4 members (excludes halogenated alkanes) is 46. The Bertz CT molecular complexity index is 1040. The predicted octanol–water partition coefficient (Wildman–Crippen LogP) is 20.9. The maximum Gasteiger partial charge on any atom is 0.306 e. The smallest absolute Gasteiger partial charge is 0.306 e. The van der Waals surface area contributed by atoms with Crippen molar-refractivity contribution in [2.75, 3.05) is 13.2 Å². The summed E-state index contributed by atoms with van der Waals surface area (Å²) in [5.74, 6) is -0.566. The Labute approximate surface area is 425 Å². The number of hydrogen-bond donors (Lipinski definition) is 1. The standard InChI is InChI=1S/C63H120O5/c1-3-5-7-9-11-13-15-17-19-21-23-25-26-27-28-29-30-31-32-33-34-35-36-38-40-42-44-46-48-50-52-54-56-58-63(66)68-61(59-64)60-67-62(65)57-55-53-51-49-47-45-43-41-39-37-24-22-20-18-16-14-12-10-8-6-4-2/h15,17,21,23,61,64H,3-14,16,18-20,22,24-60H2,1-2H3/b17-15-,23-21-. The molecule has 402 valence electrons. The van der Waals surface area contributed by atoms with E-state index in [0.717, 1.165) is 38.5 Å². The van der Waals surface area contributed by atoms with Crippen molar-refractivity contribution >= 4 is 11.9 Å². The fraction of sp³-hybridized carbons (Fsp3) is 0.905. The molecule has 0 aliphatic rings. The van der Waals surface area contributed by atoms with Crippen molar-refractivity contribution in [2.45, 2.75) is 354 Å². The van der Waals surface area contributed by atoms with E-state index in [4.69, 9.17) is 9.47 Å². The molecule has 0 fully saturated rings. The van der Waals surface area contributed by atoms with Gasteiger partial charge in [0.1, 0.15) is 6.61 Å². The molecule has 0 amide bonds. The average molecular weight is 958 g/mol. The van der Waals surface area contributed by atoms with E-state index >= 15 is 0 Å². The van der Waals surface area contributed by atoms with Gasteiger partial charge in [0.25, 0.3) is 0 Å². The van der Waals surface area contributed by atoms with E-state index in [1.54, 1.807) is 0 Å². The van der Waals surface area contributed by atoms with Crippen LogP contribution >= 0.6 is 0 Å². The zero-order chi connectivity index (χ0) is 49.2. The molecule has 0 aliphatic heterocycles. The lowest BCUT2D eigenvalue weighted by atomic mass is 10.0. The fourth-order valence-electron chi connectivity index (χ4n) is 9.59. The van der Waals surface area contributed by atoms with Crippen LogP contribution in [-0.4, -0.2) is 36.4 Å². The van der Waals surface area contributed by atoms with Gasteiger partial charge in [0.15, 0.2) is 6.10 Å². The Morgan fingerprint density at radius 1 is 0.338 bits per heavy atom. The van der Waals surface area contributed by atoms with E-state index in [-0.39, 0.29) is 25.2 Å². The molecule has 0 spiro atoms. The van der Waals surface area contributed by atoms with Crippen molar-refractivity contribution in [3.05, 3.63) is 24.3 Å². The molecule has 0 radical (unpaired) electrons. The lowest BCUT2D eigenvalue weighted by Gasteiger charge is -2.15. The highest BCUT2D eigenvalue weighted by molar-refractivity contribution is 5.70. The highest BCUT2D eigenvalue weighted by atomic mass is 16.6. The molecule has 68 heavy (non-hydrogen) atoms. The summed E-state index contributed by atoms with van der Waals surface area (Å²) in [4.78, 5) is 24.6. The molecule has 5 nitrogen and oxygen atoms in total. The van der Waals surface area contributed by atoms with Gasteiger partial charge in [-0.25, -0.2) is 0 Å². The molecule has 1 unspecified atom stereocenters. The minimum atomic E-state index is -0.767. The number of carbonyl (C=O) groups is 2. The van der Waals surface area contributed by atoms with Crippen LogP contribution in [0.2, 0.25) is 0 Å². The van der Waals surface area contributed by atoms with Crippen LogP contribution in [0.1, 0.15) is 348 Å². The molecule has 0 saturated carbocycles. The summed E-state index contributed by atoms with van der Waals surface area (Å²) in [5, 5.41) is 9.67. The van der Waals surface area contributed by atoms with E-state index < -0.39 is 6.10 Å². The number of esters is 2. The highest BCUT2D eigenvalue weighted by Gasteiger charge is 2.16. The molecule has 0 aromatic rings. The van der Waals surface area contributed by atoms with Gasteiger partial charge in [0.2, 0.25) is 0 Å². The Morgan fingerprint density at radius 3 is 0.868 bits per heavy atom. The van der Waals surface area contributed by atoms with Crippen LogP contribution in [0.4, 0.5) is 0 Å². The molecule has 0 aromatic carbocycles. The first-order valence-corrected chi connectivity index (χ1v) is 30.9. The summed E-state index contributed by atoms with van der Waals surface area (Å²) >= 11 is 0. The van der Waals surface area contributed by atoms with E-state index in [2.05, 4.69) is 38.2 Å². The van der Waals surface area contributed by atoms with Gasteiger partial charge in [-0.15, -0.1) is 0 Å². The molecular formula is C63H120O5. The first-order valence-electron chi connectivity index (χ1n) is 30.9. The van der Waals surface area contributed by atoms with Crippen molar-refractivity contribution in [3.63, 3.8) is 0 Å². The second kappa shape index (κ2) is 59.7. The minimum Gasteiger partial charge on any atom is -0.462 e. The number of hydrogen-bond acceptors (Lipinski definition) is 5. The van der Waals surface area contributed by atoms with Gasteiger partial charge in [-0.05, 0) is 44.9 Å². The van der Waals surface area contributed by atoms with Gasteiger partial charge in [-0.1, -0.05) is 314 Å². The van der Waals surface area contributed by atoms with Crippen LogP contribution in [0.25, 0.3) is 0 Å². The number of carbonyl (C=O) groups excluding carboxylic acids is 2. The molecule has 0 aliphatic carbocycles. The van der Waals surface area contributed by atoms with Crippen LogP contribution in [0.15, 0.2) is 24.3 Å². The monoisotopic (exact) mass is 957 g/mol. The SMILES string of the molecule is CCCCCCC/C=C\C/C=C\CCCCCCCCCCCCCCCCCCCCCCCC(=O)OC(CO)COC(=O)CCCCCCCCCCCCCCCCCCCCCCC. The van der Waals surface area contributed by atoms with Gasteiger partial charge >= 0.3 is 11.9 Å². The second-order valence-corrected chi connectivity index (χ2v) is 21.1. The Kier molecular flexibility index (Phi) is 58.3. The van der Waals surface area contributed by atoms with Crippen LogP contribution in [0.5, 0.6) is 0 Å². The number of rotatable bonds is 58. The summed E-state index contributed by atoms with van der Waals surface area (Å²) in [6.45, 7) is 4.19. The Hall–Kier alpha value is -1.62. The number of aliphatic hydroxyl groups excluding tert-OH is 1. The van der Waals surface area contributed by atoms with Crippen molar-refractivity contribution < 1.29 is 24.2 Å². The van der Waals surface area contributed by atoms with E-state index in [0.29, 0.717) is 12.8 Å². The zero-order valence-corrected chi connectivity index (χ0v) is 46.2. The molecular weight excluding hydrogens is 837 g/mol. The summed E-state index contributed by atoms with van der Waals surface area (Å²) in [6.07, 6.45) is 76.1. The largest absolute Gasteiger partial charge is 0.462 e. The van der Waals surface area contributed by atoms with Gasteiger partial charge in [0.05, 0.1) is 6.61 Å². The number of ether oxygens (including phenoxy) is 2. The third kappa shape index (κ3) is 57.0. The van der Waals surface area contributed by atoms with Crippen LogP contribution < -0.4 is 0 Å². The molecule has 0 rings (SSSR count). The summed E-state index contributed by atoms with van der Waals surface area (Å²) < 4.78 is 10.7. The topological polar surface area (TPSA) is 72.8 Å². The minimum absolute atomic E-state index is 0.0578. The molecule has 0 heterocycles. The molecule has 1 atom stereocenters. The van der Waals surface area contributed by atoms with Crippen molar-refractivity contribution in [3.8, 4) is 0 Å². The normalized spacial score (nSPS) is 12.2. The second-order valence-electron chi connectivity index (χ2n) is 21.1. The number of allylic oxidation sites excluding steroid dienone is 4.